The van der Waals surface area contributed by atoms with Gasteiger partial charge in [0.1, 0.15) is 6.04 Å². The van der Waals surface area contributed by atoms with Crippen LogP contribution in [0, 0.1) is 0 Å². The second-order valence-electron chi connectivity index (χ2n) is 4.04. The van der Waals surface area contributed by atoms with E-state index in [0.717, 1.165) is 11.8 Å². The van der Waals surface area contributed by atoms with Crippen molar-refractivity contribution in [3.8, 4) is 0 Å². The molecule has 1 heterocycles. The Morgan fingerprint density at radius 2 is 2.16 bits per heavy atom. The van der Waals surface area contributed by atoms with Crippen molar-refractivity contribution >= 4 is 33.1 Å². The number of carboxylic acids is 1. The number of hydrogen-bond donors (Lipinski definition) is 2. The summed E-state index contributed by atoms with van der Waals surface area (Å²) in [5, 5.41) is 12.8. The molecular formula is C11H15NO5S2. The zero-order chi connectivity index (χ0) is 14.5. The minimum Gasteiger partial charge on any atom is -0.480 e. The summed E-state index contributed by atoms with van der Waals surface area (Å²) in [7, 11) is -3.54. The standard InChI is InChI=1S/C11H15NO5S2/c1-8(13)12-10(11(14)15)7-19(16,17)6-4-9-3-2-5-18-9/h2-3,5,10H,4,6-7H2,1H3,(H,12,13)(H,14,15)/t10-/m0/s1. The Hall–Kier alpha value is -1.41. The van der Waals surface area contributed by atoms with Gasteiger partial charge in [0.2, 0.25) is 5.91 Å². The number of carboxylic acid groups (broad SMARTS) is 1. The molecule has 0 aliphatic rings. The summed E-state index contributed by atoms with van der Waals surface area (Å²) in [6.45, 7) is 1.15. The highest BCUT2D eigenvalue weighted by atomic mass is 32.2. The maximum atomic E-state index is 11.8. The molecule has 6 nitrogen and oxygen atoms in total. The predicted molar refractivity (Wildman–Crippen MR) is 71.9 cm³/mol. The maximum absolute atomic E-state index is 11.8. The van der Waals surface area contributed by atoms with Crippen LogP contribution in [0.25, 0.3) is 0 Å². The molecule has 0 aliphatic carbocycles. The molecule has 0 radical (unpaired) electrons. The third-order valence-corrected chi connectivity index (χ3v) is 4.94. The molecule has 106 valence electrons. The van der Waals surface area contributed by atoms with E-state index in [0.29, 0.717) is 6.42 Å². The average molecular weight is 305 g/mol. The molecular weight excluding hydrogens is 290 g/mol. The molecule has 0 saturated carbocycles. The van der Waals surface area contributed by atoms with Gasteiger partial charge in [-0.05, 0) is 17.9 Å². The van der Waals surface area contributed by atoms with E-state index in [2.05, 4.69) is 5.32 Å². The minimum atomic E-state index is -3.54. The van der Waals surface area contributed by atoms with E-state index < -0.39 is 33.5 Å². The lowest BCUT2D eigenvalue weighted by molar-refractivity contribution is -0.140. The summed E-state index contributed by atoms with van der Waals surface area (Å²) < 4.78 is 23.6. The third kappa shape index (κ3) is 5.84. The summed E-state index contributed by atoms with van der Waals surface area (Å²) in [5.41, 5.74) is 0. The average Bonchev–Trinajstić information content (AvgIpc) is 2.77. The topological polar surface area (TPSA) is 101 Å². The molecule has 1 aromatic heterocycles. The van der Waals surface area contributed by atoms with Gasteiger partial charge in [-0.3, -0.25) is 4.79 Å². The van der Waals surface area contributed by atoms with Gasteiger partial charge in [-0.25, -0.2) is 13.2 Å². The zero-order valence-electron chi connectivity index (χ0n) is 10.3. The van der Waals surface area contributed by atoms with E-state index in [1.165, 1.54) is 11.3 Å². The van der Waals surface area contributed by atoms with E-state index in [9.17, 15) is 18.0 Å². The molecule has 0 saturated heterocycles. The Kier molecular flexibility index (Phi) is 5.49. The van der Waals surface area contributed by atoms with Crippen molar-refractivity contribution in [3.05, 3.63) is 22.4 Å². The first-order chi connectivity index (χ1) is 8.80. The van der Waals surface area contributed by atoms with Crippen LogP contribution in [-0.4, -0.2) is 42.9 Å². The van der Waals surface area contributed by atoms with Gasteiger partial charge in [-0.2, -0.15) is 0 Å². The normalized spacial score (nSPS) is 12.9. The van der Waals surface area contributed by atoms with Crippen LogP contribution in [0.5, 0.6) is 0 Å². The highest BCUT2D eigenvalue weighted by Crippen LogP contribution is 2.10. The lowest BCUT2D eigenvalue weighted by atomic mass is 10.3. The summed E-state index contributed by atoms with van der Waals surface area (Å²) >= 11 is 1.45. The summed E-state index contributed by atoms with van der Waals surface area (Å²) in [4.78, 5) is 22.6. The van der Waals surface area contributed by atoms with Gasteiger partial charge in [0.25, 0.3) is 0 Å². The van der Waals surface area contributed by atoms with Crippen molar-refractivity contribution in [1.29, 1.82) is 0 Å². The largest absolute Gasteiger partial charge is 0.480 e. The highest BCUT2D eigenvalue weighted by molar-refractivity contribution is 7.91. The summed E-state index contributed by atoms with van der Waals surface area (Å²) in [6.07, 6.45) is 0.354. The van der Waals surface area contributed by atoms with Crippen LogP contribution in [0.1, 0.15) is 11.8 Å². The number of hydrogen-bond acceptors (Lipinski definition) is 5. The molecule has 1 amide bonds. The van der Waals surface area contributed by atoms with Crippen LogP contribution in [0.15, 0.2) is 17.5 Å². The van der Waals surface area contributed by atoms with Crippen LogP contribution in [0.4, 0.5) is 0 Å². The molecule has 0 bridgehead atoms. The van der Waals surface area contributed by atoms with Crippen molar-refractivity contribution in [2.45, 2.75) is 19.4 Å². The fourth-order valence-electron chi connectivity index (χ4n) is 1.47. The van der Waals surface area contributed by atoms with Crippen LogP contribution in [-0.2, 0) is 25.8 Å². The molecule has 1 atom stereocenters. The lowest BCUT2D eigenvalue weighted by Crippen LogP contribution is -2.44. The van der Waals surface area contributed by atoms with Crippen LogP contribution in [0.2, 0.25) is 0 Å². The fraction of sp³-hybridized carbons (Fsp3) is 0.455. The van der Waals surface area contributed by atoms with Crippen LogP contribution in [0.3, 0.4) is 0 Å². The summed E-state index contributed by atoms with van der Waals surface area (Å²) in [5.74, 6) is -2.64. The van der Waals surface area contributed by atoms with Gasteiger partial charge in [-0.1, -0.05) is 6.07 Å². The van der Waals surface area contributed by atoms with Crippen molar-refractivity contribution in [2.75, 3.05) is 11.5 Å². The van der Waals surface area contributed by atoms with Crippen molar-refractivity contribution in [1.82, 2.24) is 5.32 Å². The molecule has 0 fully saturated rings. The third-order valence-electron chi connectivity index (χ3n) is 2.34. The quantitative estimate of drug-likeness (QED) is 0.754. The molecule has 0 aromatic carbocycles. The molecule has 1 aromatic rings. The van der Waals surface area contributed by atoms with Crippen molar-refractivity contribution < 1.29 is 23.1 Å². The fourth-order valence-corrected chi connectivity index (χ4v) is 3.74. The Balaban J connectivity index is 2.60. The molecule has 2 N–H and O–H groups in total. The minimum absolute atomic E-state index is 0.128. The second-order valence-corrected chi connectivity index (χ2v) is 7.30. The Morgan fingerprint density at radius 3 is 2.63 bits per heavy atom. The van der Waals surface area contributed by atoms with Gasteiger partial charge in [0, 0.05) is 11.8 Å². The van der Waals surface area contributed by atoms with Crippen LogP contribution >= 0.6 is 11.3 Å². The molecule has 0 unspecified atom stereocenters. The molecule has 0 spiro atoms. The Bertz CT molecular complexity index is 535. The monoisotopic (exact) mass is 305 g/mol. The number of aryl methyl sites for hydroxylation is 1. The van der Waals surface area contributed by atoms with Gasteiger partial charge in [0.05, 0.1) is 11.5 Å². The molecule has 8 heteroatoms. The van der Waals surface area contributed by atoms with Gasteiger partial charge >= 0.3 is 5.97 Å². The van der Waals surface area contributed by atoms with Gasteiger partial charge in [-0.15, -0.1) is 11.3 Å². The smallest absolute Gasteiger partial charge is 0.327 e. The number of amides is 1. The second kappa shape index (κ2) is 6.67. The van der Waals surface area contributed by atoms with E-state index in [1.54, 1.807) is 0 Å². The Morgan fingerprint density at radius 1 is 1.47 bits per heavy atom. The van der Waals surface area contributed by atoms with E-state index in [4.69, 9.17) is 5.11 Å². The van der Waals surface area contributed by atoms with E-state index in [-0.39, 0.29) is 5.75 Å². The van der Waals surface area contributed by atoms with E-state index in [1.807, 2.05) is 17.5 Å². The number of thiophene rings is 1. The number of rotatable bonds is 7. The number of carbonyl (C=O) groups is 2. The number of nitrogens with one attached hydrogen (secondary N) is 1. The molecule has 1 rings (SSSR count). The lowest BCUT2D eigenvalue weighted by Gasteiger charge is -2.13. The zero-order valence-corrected chi connectivity index (χ0v) is 12.0. The molecule has 19 heavy (non-hydrogen) atoms. The SMILES string of the molecule is CC(=O)N[C@@H](CS(=O)(=O)CCc1cccs1)C(=O)O. The van der Waals surface area contributed by atoms with Gasteiger partial charge < -0.3 is 10.4 Å². The maximum Gasteiger partial charge on any atom is 0.327 e. The van der Waals surface area contributed by atoms with Crippen LogP contribution < -0.4 is 5.32 Å². The molecule has 0 aliphatic heterocycles. The predicted octanol–water partition coefficient (Wildman–Crippen LogP) is 0.295. The highest BCUT2D eigenvalue weighted by Gasteiger charge is 2.25. The first-order valence-electron chi connectivity index (χ1n) is 5.53. The Labute approximate surface area is 115 Å². The van der Waals surface area contributed by atoms with Gasteiger partial charge in [0.15, 0.2) is 9.84 Å². The van der Waals surface area contributed by atoms with Crippen molar-refractivity contribution in [3.63, 3.8) is 0 Å². The number of aliphatic carboxylic acids is 1. The first-order valence-corrected chi connectivity index (χ1v) is 8.23. The number of carbonyl (C=O) groups excluding carboxylic acids is 1. The van der Waals surface area contributed by atoms with Crippen molar-refractivity contribution in [2.24, 2.45) is 0 Å². The first kappa shape index (κ1) is 15.6. The number of sulfone groups is 1. The van der Waals surface area contributed by atoms with E-state index >= 15 is 0 Å². The summed E-state index contributed by atoms with van der Waals surface area (Å²) in [6, 6.07) is 2.25.